The fourth-order valence-electron chi connectivity index (χ4n) is 2.87. The summed E-state index contributed by atoms with van der Waals surface area (Å²) in [4.78, 5) is 16.2. The highest BCUT2D eigenvalue weighted by molar-refractivity contribution is 5.97. The third-order valence-corrected chi connectivity index (χ3v) is 3.86. The summed E-state index contributed by atoms with van der Waals surface area (Å²) >= 11 is 0. The Hall–Kier alpha value is -1.18. The Morgan fingerprint density at radius 3 is 2.71 bits per heavy atom. The van der Waals surface area contributed by atoms with Crippen molar-refractivity contribution in [3.63, 3.8) is 0 Å². The average Bonchev–Trinajstić information content (AvgIpc) is 2.40. The number of ketones is 1. The van der Waals surface area contributed by atoms with E-state index in [4.69, 9.17) is 0 Å². The van der Waals surface area contributed by atoms with Crippen LogP contribution in [-0.2, 0) is 0 Å². The van der Waals surface area contributed by atoms with Crippen LogP contribution in [0.5, 0.6) is 0 Å². The van der Waals surface area contributed by atoms with Crippen LogP contribution >= 0.6 is 0 Å². The van der Waals surface area contributed by atoms with E-state index in [0.717, 1.165) is 24.3 Å². The summed E-state index contributed by atoms with van der Waals surface area (Å²) in [5, 5.41) is 0. The molecule has 0 saturated heterocycles. The second-order valence-electron chi connectivity index (χ2n) is 5.11. The topological polar surface area (TPSA) is 30.0 Å². The fraction of sp³-hybridized carbons (Fsp3) is 0.600. The molecule has 1 aliphatic carbocycles. The van der Waals surface area contributed by atoms with Crippen molar-refractivity contribution in [1.29, 1.82) is 0 Å². The molecular weight excluding hydrogens is 210 g/mol. The predicted octanol–water partition coefficient (Wildman–Crippen LogP) is 3.87. The molecule has 92 valence electrons. The molecule has 1 saturated carbocycles. The molecule has 17 heavy (non-hydrogen) atoms. The second-order valence-corrected chi connectivity index (χ2v) is 5.11. The maximum atomic E-state index is 12.2. The van der Waals surface area contributed by atoms with E-state index in [1.807, 2.05) is 12.1 Å². The molecule has 2 nitrogen and oxygen atoms in total. The largest absolute Gasteiger partial charge is 0.294 e. The normalized spacial score (nSPS) is 24.5. The molecule has 0 bridgehead atoms. The van der Waals surface area contributed by atoms with Gasteiger partial charge in [-0.05, 0) is 43.7 Å². The summed E-state index contributed by atoms with van der Waals surface area (Å²) in [7, 11) is 0. The van der Waals surface area contributed by atoms with E-state index in [2.05, 4.69) is 11.9 Å². The van der Waals surface area contributed by atoms with Crippen molar-refractivity contribution in [2.24, 2.45) is 11.8 Å². The highest BCUT2D eigenvalue weighted by atomic mass is 16.1. The first kappa shape index (κ1) is 12.3. The molecule has 0 unspecified atom stereocenters. The van der Waals surface area contributed by atoms with E-state index in [1.54, 1.807) is 12.4 Å². The predicted molar refractivity (Wildman–Crippen MR) is 68.9 cm³/mol. The minimum atomic E-state index is 0.243. The Balaban J connectivity index is 1.91. The lowest BCUT2D eigenvalue weighted by Crippen LogP contribution is -2.22. The minimum Gasteiger partial charge on any atom is -0.294 e. The van der Waals surface area contributed by atoms with E-state index in [9.17, 15) is 4.79 Å². The SMILES string of the molecule is CCCC1CCC(C(=O)c2cccnc2)CC1. The molecule has 2 heteroatoms. The first-order valence-corrected chi connectivity index (χ1v) is 6.75. The van der Waals surface area contributed by atoms with Crippen molar-refractivity contribution in [3.05, 3.63) is 30.1 Å². The molecule has 0 N–H and O–H groups in total. The molecule has 0 radical (unpaired) electrons. The van der Waals surface area contributed by atoms with Crippen LogP contribution in [0.1, 0.15) is 55.8 Å². The molecule has 1 heterocycles. The van der Waals surface area contributed by atoms with Crippen molar-refractivity contribution in [2.45, 2.75) is 45.4 Å². The lowest BCUT2D eigenvalue weighted by molar-refractivity contribution is 0.0869. The highest BCUT2D eigenvalue weighted by Crippen LogP contribution is 2.33. The zero-order chi connectivity index (χ0) is 12.1. The van der Waals surface area contributed by atoms with Gasteiger partial charge in [-0.3, -0.25) is 9.78 Å². The Morgan fingerprint density at radius 2 is 2.12 bits per heavy atom. The molecule has 1 fully saturated rings. The number of pyridine rings is 1. The van der Waals surface area contributed by atoms with Crippen molar-refractivity contribution in [2.75, 3.05) is 0 Å². The van der Waals surface area contributed by atoms with Crippen LogP contribution < -0.4 is 0 Å². The van der Waals surface area contributed by atoms with E-state index >= 15 is 0 Å². The number of rotatable bonds is 4. The quantitative estimate of drug-likeness (QED) is 0.736. The lowest BCUT2D eigenvalue weighted by atomic mass is 9.77. The van der Waals surface area contributed by atoms with E-state index in [0.29, 0.717) is 5.78 Å². The van der Waals surface area contributed by atoms with E-state index < -0.39 is 0 Å². The minimum absolute atomic E-state index is 0.243. The summed E-state index contributed by atoms with van der Waals surface area (Å²) in [6, 6.07) is 3.73. The molecular formula is C15H21NO. The number of carbonyl (C=O) groups excluding carboxylic acids is 1. The van der Waals surface area contributed by atoms with Gasteiger partial charge >= 0.3 is 0 Å². The van der Waals surface area contributed by atoms with Gasteiger partial charge in [0.25, 0.3) is 0 Å². The Labute approximate surface area is 103 Å². The van der Waals surface area contributed by atoms with Gasteiger partial charge in [-0.1, -0.05) is 19.8 Å². The summed E-state index contributed by atoms with van der Waals surface area (Å²) in [5.74, 6) is 1.40. The second kappa shape index (κ2) is 5.95. The van der Waals surface area contributed by atoms with Crippen molar-refractivity contribution >= 4 is 5.78 Å². The number of hydrogen-bond acceptors (Lipinski definition) is 2. The van der Waals surface area contributed by atoms with Gasteiger partial charge < -0.3 is 0 Å². The van der Waals surface area contributed by atoms with Crippen LogP contribution in [0.4, 0.5) is 0 Å². The lowest BCUT2D eigenvalue weighted by Gasteiger charge is -2.27. The number of carbonyl (C=O) groups is 1. The van der Waals surface area contributed by atoms with Gasteiger partial charge in [0.2, 0.25) is 0 Å². The van der Waals surface area contributed by atoms with E-state index in [-0.39, 0.29) is 5.92 Å². The maximum Gasteiger partial charge on any atom is 0.167 e. The zero-order valence-corrected chi connectivity index (χ0v) is 10.6. The van der Waals surface area contributed by atoms with Crippen LogP contribution in [0.3, 0.4) is 0 Å². The summed E-state index contributed by atoms with van der Waals surface area (Å²) < 4.78 is 0. The Morgan fingerprint density at radius 1 is 1.35 bits per heavy atom. The maximum absolute atomic E-state index is 12.2. The smallest absolute Gasteiger partial charge is 0.167 e. The van der Waals surface area contributed by atoms with E-state index in [1.165, 1.54) is 25.7 Å². The molecule has 0 aromatic carbocycles. The summed E-state index contributed by atoms with van der Waals surface area (Å²) in [6.07, 6.45) is 10.6. The summed E-state index contributed by atoms with van der Waals surface area (Å²) in [5.41, 5.74) is 0.784. The summed E-state index contributed by atoms with van der Waals surface area (Å²) in [6.45, 7) is 2.24. The molecule has 0 amide bonds. The third kappa shape index (κ3) is 3.15. The van der Waals surface area contributed by atoms with Crippen LogP contribution in [0.2, 0.25) is 0 Å². The molecule has 1 aromatic rings. The average molecular weight is 231 g/mol. The molecule has 1 aliphatic rings. The van der Waals surface area contributed by atoms with Gasteiger partial charge in [-0.2, -0.15) is 0 Å². The van der Waals surface area contributed by atoms with Gasteiger partial charge in [-0.25, -0.2) is 0 Å². The third-order valence-electron chi connectivity index (χ3n) is 3.86. The first-order valence-electron chi connectivity index (χ1n) is 6.75. The highest BCUT2D eigenvalue weighted by Gasteiger charge is 2.26. The molecule has 0 aliphatic heterocycles. The van der Waals surface area contributed by atoms with Crippen molar-refractivity contribution < 1.29 is 4.79 Å². The first-order chi connectivity index (χ1) is 8.31. The fourth-order valence-corrected chi connectivity index (χ4v) is 2.87. The Kier molecular flexibility index (Phi) is 4.29. The van der Waals surface area contributed by atoms with Crippen LogP contribution in [-0.4, -0.2) is 10.8 Å². The molecule has 0 spiro atoms. The van der Waals surface area contributed by atoms with Crippen molar-refractivity contribution in [1.82, 2.24) is 4.98 Å². The van der Waals surface area contributed by atoms with Crippen LogP contribution in [0.25, 0.3) is 0 Å². The zero-order valence-electron chi connectivity index (χ0n) is 10.6. The number of hydrogen-bond donors (Lipinski definition) is 0. The number of nitrogens with zero attached hydrogens (tertiary/aromatic N) is 1. The number of aromatic nitrogens is 1. The molecule has 0 atom stereocenters. The van der Waals surface area contributed by atoms with Crippen molar-refractivity contribution in [3.8, 4) is 0 Å². The molecule has 2 rings (SSSR count). The van der Waals surface area contributed by atoms with Crippen LogP contribution in [0.15, 0.2) is 24.5 Å². The monoisotopic (exact) mass is 231 g/mol. The number of Topliss-reactive ketones (excluding diaryl/α,β-unsaturated/α-hetero) is 1. The van der Waals surface area contributed by atoms with Gasteiger partial charge in [0.05, 0.1) is 0 Å². The van der Waals surface area contributed by atoms with Crippen LogP contribution in [0, 0.1) is 11.8 Å². The van der Waals surface area contributed by atoms with Gasteiger partial charge in [0.1, 0.15) is 0 Å². The standard InChI is InChI=1S/C15H21NO/c1-2-4-12-6-8-13(9-7-12)15(17)14-5-3-10-16-11-14/h3,5,10-13H,2,4,6-9H2,1H3. The van der Waals surface area contributed by atoms with Gasteiger partial charge in [0, 0.05) is 23.9 Å². The molecule has 1 aromatic heterocycles. The van der Waals surface area contributed by atoms with Gasteiger partial charge in [-0.15, -0.1) is 0 Å². The Bertz CT molecular complexity index is 352. The van der Waals surface area contributed by atoms with Gasteiger partial charge in [0.15, 0.2) is 5.78 Å².